The van der Waals surface area contributed by atoms with Crippen LogP contribution in [0.3, 0.4) is 0 Å². The van der Waals surface area contributed by atoms with Crippen molar-refractivity contribution in [2.45, 2.75) is 46.2 Å². The molecule has 1 unspecified atom stereocenters. The Morgan fingerprint density at radius 1 is 1.24 bits per heavy atom. The molecule has 9 heteroatoms. The smallest absolute Gasteiger partial charge is 0.321 e. The van der Waals surface area contributed by atoms with Gasteiger partial charge in [-0.15, -0.1) is 0 Å². The Morgan fingerprint density at radius 3 is 2.76 bits per heavy atom. The number of fused-ring (bicyclic) bond motifs is 2. The number of benzene rings is 2. The van der Waals surface area contributed by atoms with Crippen LogP contribution in [-0.2, 0) is 24.2 Å². The minimum absolute atomic E-state index is 0.305. The van der Waals surface area contributed by atoms with Gasteiger partial charge in [-0.2, -0.15) is 5.10 Å². The second-order valence-corrected chi connectivity index (χ2v) is 7.63. The van der Waals surface area contributed by atoms with Crippen LogP contribution < -0.4 is 5.32 Å². The van der Waals surface area contributed by atoms with Crippen molar-refractivity contribution < 1.29 is 19.4 Å². The van der Waals surface area contributed by atoms with Crippen molar-refractivity contribution in [3.63, 3.8) is 0 Å². The molecule has 2 aromatic heterocycles. The van der Waals surface area contributed by atoms with E-state index < -0.39 is 17.8 Å². The number of aromatic nitrogens is 4. The van der Waals surface area contributed by atoms with Gasteiger partial charge in [-0.05, 0) is 47.4 Å². The predicted octanol–water partition coefficient (Wildman–Crippen LogP) is 4.15. The van der Waals surface area contributed by atoms with Gasteiger partial charge in [0.25, 0.3) is 0 Å². The zero-order chi connectivity index (χ0) is 23.7. The van der Waals surface area contributed by atoms with E-state index in [1.54, 1.807) is 0 Å². The molecular formula is C24H26FN5O3. The molecule has 0 radical (unpaired) electrons. The number of phenolic OH excluding ortho intramolecular Hbond substituents is 1. The molecule has 0 saturated carbocycles. The lowest BCUT2D eigenvalue weighted by molar-refractivity contribution is -0.139. The Morgan fingerprint density at radius 2 is 2.03 bits per heavy atom. The molecule has 2 aromatic carbocycles. The van der Waals surface area contributed by atoms with Crippen LogP contribution in [0.25, 0.3) is 33.5 Å². The van der Waals surface area contributed by atoms with Gasteiger partial charge in [0.15, 0.2) is 17.4 Å². The number of halogens is 1. The third kappa shape index (κ3) is 4.07. The molecule has 0 spiro atoms. The average molecular weight is 452 g/mol. The fraction of sp³-hybridized carbons (Fsp3) is 0.292. The molecule has 172 valence electrons. The second-order valence-electron chi connectivity index (χ2n) is 7.63. The van der Waals surface area contributed by atoms with Gasteiger partial charge in [0.1, 0.15) is 11.7 Å². The number of aromatic amines is 2. The molecule has 1 aliphatic rings. The highest BCUT2D eigenvalue weighted by molar-refractivity contribution is 5.94. The van der Waals surface area contributed by atoms with Gasteiger partial charge in [-0.25, -0.2) is 9.37 Å². The maximum absolute atomic E-state index is 14.0. The van der Waals surface area contributed by atoms with E-state index in [0.29, 0.717) is 30.9 Å². The minimum Gasteiger partial charge on any atom is -0.505 e. The van der Waals surface area contributed by atoms with Gasteiger partial charge >= 0.3 is 5.97 Å². The molecular weight excluding hydrogens is 425 g/mol. The summed E-state index contributed by atoms with van der Waals surface area (Å²) < 4.78 is 14.0. The number of aryl methyl sites for hydroxylation is 1. The van der Waals surface area contributed by atoms with Gasteiger partial charge in [0.05, 0.1) is 16.9 Å². The van der Waals surface area contributed by atoms with E-state index in [4.69, 9.17) is 0 Å². The molecule has 1 aliphatic heterocycles. The van der Waals surface area contributed by atoms with Crippen LogP contribution in [0.5, 0.6) is 5.75 Å². The standard InChI is InChI=1S/C22H20FN5O3.C2H6/c1-2-10-6-19(29)14(23)7-13(10)11-3-4-12-15(5-11)27-28-20(12)21-25-16-8-17(22(30)31)24-9-18(16)26-21;1-2/h3-7,17,24,29H,2,8-9H2,1H3,(H,25,26)(H,27,28)(H,30,31);1-2H3. The Hall–Kier alpha value is -3.72. The molecule has 0 amide bonds. The van der Waals surface area contributed by atoms with Crippen molar-refractivity contribution in [3.05, 3.63) is 53.1 Å². The molecule has 33 heavy (non-hydrogen) atoms. The number of imidazole rings is 1. The molecule has 0 saturated heterocycles. The van der Waals surface area contributed by atoms with E-state index in [9.17, 15) is 19.4 Å². The van der Waals surface area contributed by atoms with Crippen molar-refractivity contribution in [1.82, 2.24) is 25.5 Å². The molecule has 8 nitrogen and oxygen atoms in total. The second kappa shape index (κ2) is 9.03. The summed E-state index contributed by atoms with van der Waals surface area (Å²) in [6.07, 6.45) is 0.957. The van der Waals surface area contributed by atoms with Crippen LogP contribution in [0.1, 0.15) is 37.7 Å². The fourth-order valence-electron chi connectivity index (χ4n) is 4.07. The Labute approximate surface area is 189 Å². The van der Waals surface area contributed by atoms with Crippen molar-refractivity contribution in [2.75, 3.05) is 0 Å². The lowest BCUT2D eigenvalue weighted by Crippen LogP contribution is -2.41. The number of phenols is 1. The summed E-state index contributed by atoms with van der Waals surface area (Å²) >= 11 is 0. The third-order valence-corrected chi connectivity index (χ3v) is 5.74. The largest absolute Gasteiger partial charge is 0.505 e. The highest BCUT2D eigenvalue weighted by Gasteiger charge is 2.27. The zero-order valence-corrected chi connectivity index (χ0v) is 18.7. The number of nitrogens with one attached hydrogen (secondary N) is 3. The maximum atomic E-state index is 14.0. The first-order valence-electron chi connectivity index (χ1n) is 11.0. The summed E-state index contributed by atoms with van der Waals surface area (Å²) in [5.41, 5.74) is 5.35. The minimum atomic E-state index is -0.898. The van der Waals surface area contributed by atoms with E-state index in [1.165, 1.54) is 12.1 Å². The predicted molar refractivity (Wildman–Crippen MR) is 123 cm³/mol. The molecule has 0 fully saturated rings. The summed E-state index contributed by atoms with van der Waals surface area (Å²) in [6, 6.07) is 7.82. The van der Waals surface area contributed by atoms with Crippen molar-refractivity contribution in [3.8, 4) is 28.4 Å². The lowest BCUT2D eigenvalue weighted by Gasteiger charge is -2.18. The first kappa shape index (κ1) is 22.5. The monoisotopic (exact) mass is 451 g/mol. The molecule has 0 bridgehead atoms. The van der Waals surface area contributed by atoms with E-state index in [0.717, 1.165) is 39.0 Å². The topological polar surface area (TPSA) is 127 Å². The number of carboxylic acid groups (broad SMARTS) is 1. The van der Waals surface area contributed by atoms with Crippen LogP contribution in [0.4, 0.5) is 4.39 Å². The molecule has 1 atom stereocenters. The summed E-state index contributed by atoms with van der Waals surface area (Å²) in [6.45, 7) is 6.35. The molecule has 5 rings (SSSR count). The van der Waals surface area contributed by atoms with Gasteiger partial charge in [0.2, 0.25) is 0 Å². The number of aliphatic carboxylic acids is 1. The summed E-state index contributed by atoms with van der Waals surface area (Å²) in [5, 5.41) is 30.1. The van der Waals surface area contributed by atoms with Crippen LogP contribution in [-0.4, -0.2) is 42.4 Å². The molecule has 3 heterocycles. The number of nitrogens with zero attached hydrogens (tertiary/aromatic N) is 2. The van der Waals surface area contributed by atoms with Gasteiger partial charge in [-0.3, -0.25) is 15.2 Å². The SMILES string of the molecule is CC.CCc1cc(O)c(F)cc1-c1ccc2c(-c3nc4c([nH]3)CNC(C(=O)O)C4)n[nH]c2c1. The van der Waals surface area contributed by atoms with Crippen LogP contribution in [0.2, 0.25) is 0 Å². The summed E-state index contributed by atoms with van der Waals surface area (Å²) in [4.78, 5) is 19.1. The number of H-pyrrole nitrogens is 2. The fourth-order valence-corrected chi connectivity index (χ4v) is 4.07. The van der Waals surface area contributed by atoms with Gasteiger partial charge in [0, 0.05) is 18.4 Å². The lowest BCUT2D eigenvalue weighted by atomic mass is 9.96. The Balaban J connectivity index is 0.00000126. The van der Waals surface area contributed by atoms with Crippen molar-refractivity contribution in [2.24, 2.45) is 0 Å². The van der Waals surface area contributed by atoms with Crippen molar-refractivity contribution >= 4 is 16.9 Å². The molecule has 0 aliphatic carbocycles. The van der Waals surface area contributed by atoms with Gasteiger partial charge in [-0.1, -0.05) is 26.8 Å². The number of rotatable bonds is 4. The number of hydrogen-bond donors (Lipinski definition) is 5. The molecule has 4 aromatic rings. The van der Waals surface area contributed by atoms with Crippen LogP contribution in [0.15, 0.2) is 30.3 Å². The first-order valence-corrected chi connectivity index (χ1v) is 11.0. The Bertz CT molecular complexity index is 1330. The number of aromatic hydroxyl groups is 1. The first-order chi connectivity index (χ1) is 15.9. The highest BCUT2D eigenvalue weighted by atomic mass is 19.1. The average Bonchev–Trinajstić information content (AvgIpc) is 3.44. The number of carbonyl (C=O) groups is 1. The summed E-state index contributed by atoms with van der Waals surface area (Å²) in [5.74, 6) is -1.34. The van der Waals surface area contributed by atoms with Crippen LogP contribution >= 0.6 is 0 Å². The number of carboxylic acids is 1. The van der Waals surface area contributed by atoms with E-state index >= 15 is 0 Å². The van der Waals surface area contributed by atoms with E-state index in [1.807, 2.05) is 39.0 Å². The van der Waals surface area contributed by atoms with E-state index in [-0.39, 0.29) is 5.75 Å². The normalized spacial score (nSPS) is 15.1. The highest BCUT2D eigenvalue weighted by Crippen LogP contribution is 2.33. The zero-order valence-electron chi connectivity index (χ0n) is 18.7. The Kier molecular flexibility index (Phi) is 6.15. The third-order valence-electron chi connectivity index (χ3n) is 5.74. The van der Waals surface area contributed by atoms with Crippen LogP contribution in [0, 0.1) is 5.82 Å². The van der Waals surface area contributed by atoms with E-state index in [2.05, 4.69) is 25.5 Å². The summed E-state index contributed by atoms with van der Waals surface area (Å²) in [7, 11) is 0. The van der Waals surface area contributed by atoms with Crippen molar-refractivity contribution in [1.29, 1.82) is 0 Å². The van der Waals surface area contributed by atoms with Gasteiger partial charge < -0.3 is 15.2 Å². The quantitative estimate of drug-likeness (QED) is 0.317. The molecule has 5 N–H and O–H groups in total. The maximum Gasteiger partial charge on any atom is 0.321 e. The number of hydrogen-bond acceptors (Lipinski definition) is 5.